The number of carboxylic acids is 1. The first kappa shape index (κ1) is 15.1. The first-order chi connectivity index (χ1) is 10.1. The fraction of sp³-hybridized carbons (Fsp3) is 0.429. The second-order valence-electron chi connectivity index (χ2n) is 4.79. The van der Waals surface area contributed by atoms with Crippen molar-refractivity contribution < 1.29 is 24.5 Å². The highest BCUT2D eigenvalue weighted by Crippen LogP contribution is 2.18. The van der Waals surface area contributed by atoms with E-state index in [-0.39, 0.29) is 26.1 Å². The van der Waals surface area contributed by atoms with Gasteiger partial charge in [0.1, 0.15) is 18.4 Å². The molecule has 0 unspecified atom stereocenters. The van der Waals surface area contributed by atoms with E-state index in [2.05, 4.69) is 5.32 Å². The van der Waals surface area contributed by atoms with Gasteiger partial charge >= 0.3 is 12.0 Å². The molecule has 0 aliphatic carbocycles. The Labute approximate surface area is 122 Å². The third kappa shape index (κ3) is 4.09. The number of β-amino-alcohol motifs (C(OH)–C–C–N with tert-alkyl or cyclic N) is 1. The highest BCUT2D eigenvalue weighted by Gasteiger charge is 2.38. The summed E-state index contributed by atoms with van der Waals surface area (Å²) in [6.07, 6.45) is -0.735. The number of urea groups is 1. The number of rotatable bonds is 5. The molecule has 0 saturated carbocycles. The summed E-state index contributed by atoms with van der Waals surface area (Å²) in [7, 11) is 0. The molecule has 2 atom stereocenters. The van der Waals surface area contributed by atoms with Gasteiger partial charge in [0.2, 0.25) is 0 Å². The minimum atomic E-state index is -1.11. The van der Waals surface area contributed by atoms with E-state index in [0.717, 1.165) is 4.90 Å². The summed E-state index contributed by atoms with van der Waals surface area (Å²) in [4.78, 5) is 24.1. The molecule has 1 aliphatic heterocycles. The number of aliphatic hydroxyl groups is 1. The van der Waals surface area contributed by atoms with E-state index in [9.17, 15) is 14.7 Å². The van der Waals surface area contributed by atoms with Crippen LogP contribution in [-0.2, 0) is 4.79 Å². The van der Waals surface area contributed by atoms with Crippen molar-refractivity contribution in [3.8, 4) is 5.75 Å². The summed E-state index contributed by atoms with van der Waals surface area (Å²) in [5.74, 6) is -0.408. The van der Waals surface area contributed by atoms with Gasteiger partial charge in [-0.1, -0.05) is 18.2 Å². The van der Waals surface area contributed by atoms with Crippen LogP contribution in [0, 0.1) is 0 Å². The van der Waals surface area contributed by atoms with Crippen molar-refractivity contribution in [1.82, 2.24) is 10.2 Å². The maximum Gasteiger partial charge on any atom is 0.326 e. The van der Waals surface area contributed by atoms with Crippen LogP contribution in [0.5, 0.6) is 5.75 Å². The number of aliphatic hydroxyl groups excluding tert-OH is 1. The number of hydrogen-bond donors (Lipinski definition) is 3. The minimum Gasteiger partial charge on any atom is -0.492 e. The van der Waals surface area contributed by atoms with Gasteiger partial charge in [-0.3, -0.25) is 0 Å². The van der Waals surface area contributed by atoms with Crippen molar-refractivity contribution in [2.45, 2.75) is 18.6 Å². The van der Waals surface area contributed by atoms with Crippen LogP contribution in [0.4, 0.5) is 4.79 Å². The number of carbonyl (C=O) groups excluding carboxylic acids is 1. The van der Waals surface area contributed by atoms with E-state index in [1.165, 1.54) is 0 Å². The average Bonchev–Trinajstić information content (AvgIpc) is 2.87. The maximum atomic E-state index is 11.9. The van der Waals surface area contributed by atoms with E-state index in [4.69, 9.17) is 9.84 Å². The number of aliphatic carboxylic acids is 1. The van der Waals surface area contributed by atoms with Gasteiger partial charge in [0.05, 0.1) is 12.6 Å². The predicted octanol–water partition coefficient (Wildman–Crippen LogP) is 0.295. The number of para-hydroxylation sites is 1. The fourth-order valence-corrected chi connectivity index (χ4v) is 2.22. The van der Waals surface area contributed by atoms with Gasteiger partial charge in [0, 0.05) is 13.0 Å². The zero-order chi connectivity index (χ0) is 15.2. The molecule has 0 bridgehead atoms. The summed E-state index contributed by atoms with van der Waals surface area (Å²) >= 11 is 0. The van der Waals surface area contributed by atoms with Crippen molar-refractivity contribution >= 4 is 12.0 Å². The van der Waals surface area contributed by atoms with Crippen LogP contribution in [0.25, 0.3) is 0 Å². The smallest absolute Gasteiger partial charge is 0.326 e. The second kappa shape index (κ2) is 6.94. The van der Waals surface area contributed by atoms with Crippen molar-refractivity contribution in [2.75, 3.05) is 19.7 Å². The Hall–Kier alpha value is -2.28. The van der Waals surface area contributed by atoms with Gasteiger partial charge in [-0.25, -0.2) is 9.59 Å². The van der Waals surface area contributed by atoms with Crippen molar-refractivity contribution in [2.24, 2.45) is 0 Å². The first-order valence-electron chi connectivity index (χ1n) is 6.71. The molecule has 1 saturated heterocycles. The lowest BCUT2D eigenvalue weighted by molar-refractivity contribution is -0.141. The fourth-order valence-electron chi connectivity index (χ4n) is 2.22. The number of hydrogen-bond acceptors (Lipinski definition) is 4. The Bertz CT molecular complexity index is 493. The molecule has 1 aliphatic rings. The van der Waals surface area contributed by atoms with E-state index in [0.29, 0.717) is 5.75 Å². The molecule has 0 aromatic heterocycles. The van der Waals surface area contributed by atoms with Crippen LogP contribution in [0.2, 0.25) is 0 Å². The molecule has 0 radical (unpaired) electrons. The Morgan fingerprint density at radius 1 is 1.33 bits per heavy atom. The Morgan fingerprint density at radius 2 is 2.05 bits per heavy atom. The third-order valence-corrected chi connectivity index (χ3v) is 3.22. The number of nitrogens with one attached hydrogen (secondary N) is 1. The summed E-state index contributed by atoms with van der Waals surface area (Å²) in [5.41, 5.74) is 0. The van der Waals surface area contributed by atoms with Gasteiger partial charge in [-0.2, -0.15) is 0 Å². The molecule has 114 valence electrons. The second-order valence-corrected chi connectivity index (χ2v) is 4.79. The number of benzene rings is 1. The molecule has 0 spiro atoms. The zero-order valence-corrected chi connectivity index (χ0v) is 11.4. The Kier molecular flexibility index (Phi) is 4.99. The summed E-state index contributed by atoms with van der Waals surface area (Å²) < 4.78 is 5.42. The number of nitrogens with zero attached hydrogens (tertiary/aromatic N) is 1. The molecule has 1 aromatic rings. The SMILES string of the molecule is O=C(O)[C@@H]1C[C@@H](O)CN1C(=O)NCCOc1ccccc1. The lowest BCUT2D eigenvalue weighted by Gasteiger charge is -2.21. The van der Waals surface area contributed by atoms with Crippen LogP contribution >= 0.6 is 0 Å². The van der Waals surface area contributed by atoms with Gasteiger partial charge in [0.15, 0.2) is 0 Å². The van der Waals surface area contributed by atoms with Crippen LogP contribution in [0.3, 0.4) is 0 Å². The predicted molar refractivity (Wildman–Crippen MR) is 74.1 cm³/mol. The van der Waals surface area contributed by atoms with Crippen molar-refractivity contribution in [1.29, 1.82) is 0 Å². The quantitative estimate of drug-likeness (QED) is 0.678. The zero-order valence-electron chi connectivity index (χ0n) is 11.4. The molecular weight excluding hydrogens is 276 g/mol. The molecule has 21 heavy (non-hydrogen) atoms. The normalized spacial score (nSPS) is 21.1. The number of likely N-dealkylation sites (tertiary alicyclic amines) is 1. The van der Waals surface area contributed by atoms with Gasteiger partial charge < -0.3 is 25.2 Å². The largest absolute Gasteiger partial charge is 0.492 e. The number of carboxylic acid groups (broad SMARTS) is 1. The lowest BCUT2D eigenvalue weighted by Crippen LogP contribution is -2.47. The Balaban J connectivity index is 1.75. The maximum absolute atomic E-state index is 11.9. The standard InChI is InChI=1S/C14H18N2O5/c17-10-8-12(13(18)19)16(9-10)14(20)15-6-7-21-11-4-2-1-3-5-11/h1-5,10,12,17H,6-9H2,(H,15,20)(H,18,19)/t10-,12+/m1/s1. The number of amides is 2. The van der Waals surface area contributed by atoms with Crippen LogP contribution < -0.4 is 10.1 Å². The summed E-state index contributed by atoms with van der Waals surface area (Å²) in [5, 5.41) is 21.1. The summed E-state index contributed by atoms with van der Waals surface area (Å²) in [6.45, 7) is 0.568. The molecule has 2 amide bonds. The van der Waals surface area contributed by atoms with E-state index >= 15 is 0 Å². The van der Waals surface area contributed by atoms with E-state index in [1.807, 2.05) is 18.2 Å². The molecule has 2 rings (SSSR count). The van der Waals surface area contributed by atoms with Crippen molar-refractivity contribution in [3.05, 3.63) is 30.3 Å². The Morgan fingerprint density at radius 3 is 2.71 bits per heavy atom. The van der Waals surface area contributed by atoms with Crippen LogP contribution in [0.1, 0.15) is 6.42 Å². The van der Waals surface area contributed by atoms with E-state index < -0.39 is 24.1 Å². The number of ether oxygens (including phenoxy) is 1. The molecule has 3 N–H and O–H groups in total. The van der Waals surface area contributed by atoms with E-state index in [1.54, 1.807) is 12.1 Å². The molecule has 7 nitrogen and oxygen atoms in total. The lowest BCUT2D eigenvalue weighted by atomic mass is 10.2. The van der Waals surface area contributed by atoms with Gasteiger partial charge in [0.25, 0.3) is 0 Å². The van der Waals surface area contributed by atoms with Crippen molar-refractivity contribution in [3.63, 3.8) is 0 Å². The molecule has 1 heterocycles. The minimum absolute atomic E-state index is 0.0301. The van der Waals surface area contributed by atoms with Gasteiger partial charge in [-0.05, 0) is 12.1 Å². The van der Waals surface area contributed by atoms with Gasteiger partial charge in [-0.15, -0.1) is 0 Å². The molecule has 1 aromatic carbocycles. The average molecular weight is 294 g/mol. The molecular formula is C14H18N2O5. The highest BCUT2D eigenvalue weighted by molar-refractivity contribution is 5.83. The number of carbonyl (C=O) groups is 2. The van der Waals surface area contributed by atoms with Crippen LogP contribution in [0.15, 0.2) is 30.3 Å². The first-order valence-corrected chi connectivity index (χ1v) is 6.71. The highest BCUT2D eigenvalue weighted by atomic mass is 16.5. The van der Waals surface area contributed by atoms with Crippen LogP contribution in [-0.4, -0.2) is 59.0 Å². The molecule has 7 heteroatoms. The third-order valence-electron chi connectivity index (χ3n) is 3.22. The monoisotopic (exact) mass is 294 g/mol. The summed E-state index contributed by atoms with van der Waals surface area (Å²) in [6, 6.07) is 7.69. The topological polar surface area (TPSA) is 99.1 Å². The molecule has 1 fully saturated rings.